The monoisotopic (exact) mass is 448 g/mol. The van der Waals surface area contributed by atoms with Gasteiger partial charge >= 0.3 is 0 Å². The van der Waals surface area contributed by atoms with Crippen molar-refractivity contribution in [3.8, 4) is 0 Å². The van der Waals surface area contributed by atoms with E-state index in [1.807, 2.05) is 12.1 Å². The van der Waals surface area contributed by atoms with Crippen LogP contribution >= 0.6 is 0 Å². The zero-order valence-corrected chi connectivity index (χ0v) is 21.1. The Morgan fingerprint density at radius 2 is 1.58 bits per heavy atom. The molecular formula is C32H45F. The second-order valence-electron chi connectivity index (χ2n) is 11.1. The Kier molecular flexibility index (Phi) is 9.04. The van der Waals surface area contributed by atoms with E-state index in [2.05, 4.69) is 44.2 Å². The molecule has 180 valence electrons. The van der Waals surface area contributed by atoms with Gasteiger partial charge in [0.15, 0.2) is 0 Å². The third kappa shape index (κ3) is 6.49. The van der Waals surface area contributed by atoms with E-state index in [0.29, 0.717) is 0 Å². The van der Waals surface area contributed by atoms with Crippen LogP contribution in [-0.4, -0.2) is 0 Å². The quantitative estimate of drug-likeness (QED) is 0.264. The lowest BCUT2D eigenvalue weighted by molar-refractivity contribution is 0.152. The van der Waals surface area contributed by atoms with Crippen LogP contribution in [0.15, 0.2) is 42.5 Å². The molecule has 0 heterocycles. The number of aryl methyl sites for hydroxylation is 2. The second kappa shape index (κ2) is 12.2. The van der Waals surface area contributed by atoms with Gasteiger partial charge < -0.3 is 0 Å². The fourth-order valence-electron chi connectivity index (χ4n) is 6.70. The van der Waals surface area contributed by atoms with Crippen molar-refractivity contribution in [2.24, 2.45) is 23.7 Å². The smallest absolute Gasteiger partial charge is 0.134 e. The van der Waals surface area contributed by atoms with Crippen LogP contribution in [0.1, 0.15) is 102 Å². The van der Waals surface area contributed by atoms with Gasteiger partial charge in [0, 0.05) is 5.39 Å². The summed E-state index contributed by atoms with van der Waals surface area (Å²) in [6, 6.07) is 10.6. The first-order chi connectivity index (χ1) is 16.2. The van der Waals surface area contributed by atoms with Crippen LogP contribution in [0, 0.1) is 29.5 Å². The van der Waals surface area contributed by atoms with Crippen LogP contribution in [0.25, 0.3) is 10.8 Å². The molecule has 0 bridgehead atoms. The number of hydrogen-bond acceptors (Lipinski definition) is 0. The van der Waals surface area contributed by atoms with Crippen molar-refractivity contribution in [3.63, 3.8) is 0 Å². The van der Waals surface area contributed by atoms with Gasteiger partial charge in [-0.15, -0.1) is 0 Å². The molecule has 2 saturated carbocycles. The molecule has 0 aromatic heterocycles. The van der Waals surface area contributed by atoms with Crippen LogP contribution in [0.3, 0.4) is 0 Å². The maximum atomic E-state index is 15.0. The molecule has 0 saturated heterocycles. The highest BCUT2D eigenvalue weighted by atomic mass is 19.1. The Morgan fingerprint density at radius 1 is 0.848 bits per heavy atom. The van der Waals surface area contributed by atoms with Gasteiger partial charge in [-0.25, -0.2) is 4.39 Å². The summed E-state index contributed by atoms with van der Waals surface area (Å²) in [5.74, 6) is 3.73. The summed E-state index contributed by atoms with van der Waals surface area (Å²) in [5, 5.41) is 1.87. The topological polar surface area (TPSA) is 0 Å². The first-order valence-corrected chi connectivity index (χ1v) is 14.0. The Labute approximate surface area is 202 Å². The third-order valence-electron chi connectivity index (χ3n) is 8.83. The normalized spacial score (nSPS) is 26.3. The third-order valence-corrected chi connectivity index (χ3v) is 8.83. The molecular weight excluding hydrogens is 403 g/mol. The molecule has 1 heteroatoms. The van der Waals surface area contributed by atoms with Crippen molar-refractivity contribution in [1.82, 2.24) is 0 Å². The second-order valence-corrected chi connectivity index (χ2v) is 11.1. The van der Waals surface area contributed by atoms with Crippen molar-refractivity contribution in [2.45, 2.75) is 104 Å². The van der Waals surface area contributed by atoms with Gasteiger partial charge in [0.2, 0.25) is 0 Å². The summed E-state index contributed by atoms with van der Waals surface area (Å²) in [5.41, 5.74) is 2.26. The molecule has 0 aliphatic heterocycles. The molecule has 0 N–H and O–H groups in total. The molecule has 33 heavy (non-hydrogen) atoms. The standard InChI is InChI=1S/C32H45F/c1-3-5-6-8-29-20-21-30-23-26(15-22-31(30)32(29)33)10-9-25-13-18-28(19-14-25)27-16-11-24(7-4-2)12-17-27/h4,7,15,20-25,27-28H,3,5-6,8-14,16-19H2,1-2H3/b7-4+. The highest BCUT2D eigenvalue weighted by Gasteiger charge is 2.30. The lowest BCUT2D eigenvalue weighted by Crippen LogP contribution is -2.25. The van der Waals surface area contributed by atoms with Gasteiger partial charge in [-0.1, -0.05) is 75.1 Å². The molecule has 2 fully saturated rings. The zero-order chi connectivity index (χ0) is 23.0. The Bertz CT molecular complexity index is 894. The SMILES string of the molecule is C/C=C/C1CCC(C2CCC(CCc3ccc4c(F)c(CCCCC)ccc4c3)CC2)CC1. The lowest BCUT2D eigenvalue weighted by Gasteiger charge is -2.37. The minimum Gasteiger partial charge on any atom is -0.206 e. The fraction of sp³-hybridized carbons (Fsp3) is 0.625. The molecule has 4 rings (SSSR count). The minimum atomic E-state index is 0.00762. The van der Waals surface area contributed by atoms with Crippen LogP contribution in [0.4, 0.5) is 4.39 Å². The van der Waals surface area contributed by atoms with Crippen LogP contribution in [0.5, 0.6) is 0 Å². The van der Waals surface area contributed by atoms with Crippen molar-refractivity contribution in [2.75, 3.05) is 0 Å². The van der Waals surface area contributed by atoms with Crippen molar-refractivity contribution in [1.29, 1.82) is 0 Å². The first kappa shape index (κ1) is 24.5. The van der Waals surface area contributed by atoms with E-state index >= 15 is 0 Å². The van der Waals surface area contributed by atoms with E-state index in [1.54, 1.807) is 0 Å². The van der Waals surface area contributed by atoms with E-state index in [9.17, 15) is 4.39 Å². The number of halogens is 1. The number of rotatable bonds is 9. The van der Waals surface area contributed by atoms with E-state index in [1.165, 1.54) is 76.2 Å². The van der Waals surface area contributed by atoms with Crippen LogP contribution in [-0.2, 0) is 12.8 Å². The minimum absolute atomic E-state index is 0.00762. The molecule has 0 spiro atoms. The predicted molar refractivity (Wildman–Crippen MR) is 141 cm³/mol. The van der Waals surface area contributed by atoms with Gasteiger partial charge in [0.25, 0.3) is 0 Å². The molecule has 0 amide bonds. The first-order valence-electron chi connectivity index (χ1n) is 14.0. The van der Waals surface area contributed by atoms with E-state index < -0.39 is 0 Å². The van der Waals surface area contributed by atoms with Crippen LogP contribution < -0.4 is 0 Å². The highest BCUT2D eigenvalue weighted by Crippen LogP contribution is 2.42. The van der Waals surface area contributed by atoms with Gasteiger partial charge in [-0.2, -0.15) is 0 Å². The number of fused-ring (bicyclic) bond motifs is 1. The lowest BCUT2D eigenvalue weighted by atomic mass is 9.68. The Morgan fingerprint density at radius 3 is 2.27 bits per heavy atom. The zero-order valence-electron chi connectivity index (χ0n) is 21.1. The summed E-state index contributed by atoms with van der Waals surface area (Å²) in [7, 11) is 0. The Hall–Kier alpha value is -1.63. The van der Waals surface area contributed by atoms with Gasteiger partial charge in [0.05, 0.1) is 0 Å². The molecule has 2 aliphatic rings. The molecule has 0 radical (unpaired) electrons. The predicted octanol–water partition coefficient (Wildman–Crippen LogP) is 9.83. The number of hydrogen-bond donors (Lipinski definition) is 0. The summed E-state index contributed by atoms with van der Waals surface area (Å²) < 4.78 is 15.0. The molecule has 0 atom stereocenters. The number of unbranched alkanes of at least 4 members (excludes halogenated alkanes) is 2. The highest BCUT2D eigenvalue weighted by molar-refractivity contribution is 5.84. The van der Waals surface area contributed by atoms with Gasteiger partial charge in [-0.3, -0.25) is 0 Å². The van der Waals surface area contributed by atoms with E-state index in [0.717, 1.165) is 59.3 Å². The van der Waals surface area contributed by atoms with Gasteiger partial charge in [-0.05, 0) is 111 Å². The maximum absolute atomic E-state index is 15.0. The van der Waals surface area contributed by atoms with E-state index in [4.69, 9.17) is 0 Å². The summed E-state index contributed by atoms with van der Waals surface area (Å²) >= 11 is 0. The van der Waals surface area contributed by atoms with E-state index in [-0.39, 0.29) is 5.82 Å². The maximum Gasteiger partial charge on any atom is 0.134 e. The van der Waals surface area contributed by atoms with Gasteiger partial charge in [0.1, 0.15) is 5.82 Å². The molecule has 2 aromatic carbocycles. The average Bonchev–Trinajstić information content (AvgIpc) is 2.85. The average molecular weight is 449 g/mol. The fourth-order valence-corrected chi connectivity index (χ4v) is 6.70. The Balaban J connectivity index is 1.25. The number of benzene rings is 2. The van der Waals surface area contributed by atoms with Crippen molar-refractivity contribution >= 4 is 10.8 Å². The number of allylic oxidation sites excluding steroid dienone is 2. The molecule has 2 aliphatic carbocycles. The molecule has 0 nitrogen and oxygen atoms in total. The van der Waals surface area contributed by atoms with Crippen LogP contribution in [0.2, 0.25) is 0 Å². The summed E-state index contributed by atoms with van der Waals surface area (Å²) in [4.78, 5) is 0. The largest absolute Gasteiger partial charge is 0.206 e. The molecule has 0 unspecified atom stereocenters. The van der Waals surface area contributed by atoms with Crippen molar-refractivity contribution in [3.05, 3.63) is 59.4 Å². The summed E-state index contributed by atoms with van der Waals surface area (Å²) in [6.07, 6.45) is 22.9. The van der Waals surface area contributed by atoms with Crippen molar-refractivity contribution < 1.29 is 4.39 Å². The summed E-state index contributed by atoms with van der Waals surface area (Å²) in [6.45, 7) is 4.36. The molecule has 2 aromatic rings.